The predicted molar refractivity (Wildman–Crippen MR) is 73.3 cm³/mol. The van der Waals surface area contributed by atoms with Gasteiger partial charge in [0.2, 0.25) is 0 Å². The molecule has 0 heterocycles. The Bertz CT molecular complexity index is 659. The Morgan fingerprint density at radius 2 is 2.00 bits per heavy atom. The third kappa shape index (κ3) is 3.15. The van der Waals surface area contributed by atoms with Gasteiger partial charge in [0.15, 0.2) is 0 Å². The van der Waals surface area contributed by atoms with Gasteiger partial charge in [0.05, 0.1) is 24.3 Å². The van der Waals surface area contributed by atoms with Gasteiger partial charge in [0, 0.05) is 5.56 Å². The largest absolute Gasteiger partial charge is 0.489 e. The number of esters is 1. The van der Waals surface area contributed by atoms with Gasteiger partial charge in [-0.15, -0.1) is 0 Å². The summed E-state index contributed by atoms with van der Waals surface area (Å²) in [5, 5.41) is 9.00. The van der Waals surface area contributed by atoms with Gasteiger partial charge in [-0.2, -0.15) is 5.26 Å². The summed E-state index contributed by atoms with van der Waals surface area (Å²) in [6, 6.07) is 16.1. The maximum atomic E-state index is 11.4. The SMILES string of the molecule is COC(=O)c1cccc(OCc2ccccc2C#N)c1. The van der Waals surface area contributed by atoms with Gasteiger partial charge >= 0.3 is 5.97 Å². The van der Waals surface area contributed by atoms with E-state index < -0.39 is 5.97 Å². The molecule has 2 rings (SSSR count). The smallest absolute Gasteiger partial charge is 0.337 e. The molecule has 0 aliphatic carbocycles. The lowest BCUT2D eigenvalue weighted by Crippen LogP contribution is -2.02. The molecule has 0 saturated heterocycles. The van der Waals surface area contributed by atoms with Crippen LogP contribution in [0.15, 0.2) is 48.5 Å². The maximum Gasteiger partial charge on any atom is 0.337 e. The van der Waals surface area contributed by atoms with Gasteiger partial charge in [0.1, 0.15) is 12.4 Å². The van der Waals surface area contributed by atoms with Crippen molar-refractivity contribution in [3.8, 4) is 11.8 Å². The minimum absolute atomic E-state index is 0.272. The zero-order valence-electron chi connectivity index (χ0n) is 11.0. The van der Waals surface area contributed by atoms with Crippen molar-refractivity contribution in [1.82, 2.24) is 0 Å². The fourth-order valence-corrected chi connectivity index (χ4v) is 1.75. The van der Waals surface area contributed by atoms with Crippen LogP contribution in [0.3, 0.4) is 0 Å². The van der Waals surface area contributed by atoms with Crippen molar-refractivity contribution < 1.29 is 14.3 Å². The Morgan fingerprint density at radius 3 is 2.75 bits per heavy atom. The van der Waals surface area contributed by atoms with Crippen molar-refractivity contribution in [1.29, 1.82) is 5.26 Å². The zero-order valence-corrected chi connectivity index (χ0v) is 11.0. The van der Waals surface area contributed by atoms with Gasteiger partial charge in [-0.25, -0.2) is 4.79 Å². The molecule has 4 heteroatoms. The number of ether oxygens (including phenoxy) is 2. The summed E-state index contributed by atoms with van der Waals surface area (Å²) in [5.41, 5.74) is 1.81. The lowest BCUT2D eigenvalue weighted by Gasteiger charge is -2.08. The highest BCUT2D eigenvalue weighted by molar-refractivity contribution is 5.89. The standard InChI is InChI=1S/C16H13NO3/c1-19-16(18)12-7-4-8-15(9-12)20-11-14-6-3-2-5-13(14)10-17/h2-9H,11H2,1H3. The molecule has 0 atom stereocenters. The summed E-state index contributed by atoms with van der Waals surface area (Å²) in [5.74, 6) is 0.147. The molecule has 20 heavy (non-hydrogen) atoms. The Kier molecular flexibility index (Phi) is 4.35. The molecule has 2 aromatic carbocycles. The Morgan fingerprint density at radius 1 is 1.20 bits per heavy atom. The number of carbonyl (C=O) groups excluding carboxylic acids is 1. The number of nitrogens with zero attached hydrogens (tertiary/aromatic N) is 1. The Labute approximate surface area is 117 Å². The van der Waals surface area contributed by atoms with Gasteiger partial charge in [-0.3, -0.25) is 0 Å². The van der Waals surface area contributed by atoms with Crippen molar-refractivity contribution >= 4 is 5.97 Å². The first-order chi connectivity index (χ1) is 9.74. The number of hydrogen-bond donors (Lipinski definition) is 0. The lowest BCUT2D eigenvalue weighted by atomic mass is 10.1. The lowest BCUT2D eigenvalue weighted by molar-refractivity contribution is 0.0600. The molecule has 0 N–H and O–H groups in total. The number of methoxy groups -OCH3 is 1. The molecule has 0 aliphatic rings. The molecule has 0 bridgehead atoms. The van der Waals surface area contributed by atoms with E-state index in [0.717, 1.165) is 5.56 Å². The van der Waals surface area contributed by atoms with E-state index >= 15 is 0 Å². The van der Waals surface area contributed by atoms with E-state index in [0.29, 0.717) is 16.9 Å². The van der Waals surface area contributed by atoms with Crippen LogP contribution in [0.5, 0.6) is 5.75 Å². The molecule has 0 amide bonds. The van der Waals surface area contributed by atoms with Crippen LogP contribution in [-0.4, -0.2) is 13.1 Å². The van der Waals surface area contributed by atoms with E-state index in [1.54, 1.807) is 36.4 Å². The summed E-state index contributed by atoms with van der Waals surface area (Å²) in [4.78, 5) is 11.4. The minimum Gasteiger partial charge on any atom is -0.489 e. The fraction of sp³-hybridized carbons (Fsp3) is 0.125. The van der Waals surface area contributed by atoms with Crippen LogP contribution in [0.2, 0.25) is 0 Å². The van der Waals surface area contributed by atoms with Crippen molar-refractivity contribution in [2.24, 2.45) is 0 Å². The molecular weight excluding hydrogens is 254 g/mol. The van der Waals surface area contributed by atoms with E-state index in [1.165, 1.54) is 7.11 Å². The Balaban J connectivity index is 2.11. The van der Waals surface area contributed by atoms with E-state index in [2.05, 4.69) is 10.8 Å². The first-order valence-electron chi connectivity index (χ1n) is 6.04. The second-order valence-electron chi connectivity index (χ2n) is 4.08. The highest BCUT2D eigenvalue weighted by Crippen LogP contribution is 2.17. The first-order valence-corrected chi connectivity index (χ1v) is 6.04. The van der Waals surface area contributed by atoms with Crippen LogP contribution in [-0.2, 0) is 11.3 Å². The predicted octanol–water partition coefficient (Wildman–Crippen LogP) is 2.92. The van der Waals surface area contributed by atoms with Crippen LogP contribution in [0.1, 0.15) is 21.5 Å². The number of nitriles is 1. The topological polar surface area (TPSA) is 59.3 Å². The van der Waals surface area contributed by atoms with Gasteiger partial charge in [-0.1, -0.05) is 24.3 Å². The summed E-state index contributed by atoms with van der Waals surface area (Å²) in [7, 11) is 1.33. The molecule has 0 aromatic heterocycles. The minimum atomic E-state index is -0.409. The second kappa shape index (κ2) is 6.39. The number of carbonyl (C=O) groups is 1. The van der Waals surface area contributed by atoms with Crippen molar-refractivity contribution in [3.63, 3.8) is 0 Å². The summed E-state index contributed by atoms with van der Waals surface area (Å²) in [6.07, 6.45) is 0. The highest BCUT2D eigenvalue weighted by atomic mass is 16.5. The third-order valence-corrected chi connectivity index (χ3v) is 2.79. The van der Waals surface area contributed by atoms with E-state index in [1.807, 2.05) is 12.1 Å². The van der Waals surface area contributed by atoms with Crippen LogP contribution < -0.4 is 4.74 Å². The molecule has 4 nitrogen and oxygen atoms in total. The number of hydrogen-bond acceptors (Lipinski definition) is 4. The van der Waals surface area contributed by atoms with Crippen LogP contribution in [0.25, 0.3) is 0 Å². The number of benzene rings is 2. The molecule has 2 aromatic rings. The van der Waals surface area contributed by atoms with E-state index in [4.69, 9.17) is 10.00 Å². The maximum absolute atomic E-state index is 11.4. The third-order valence-electron chi connectivity index (χ3n) is 2.79. The second-order valence-corrected chi connectivity index (χ2v) is 4.08. The molecule has 0 radical (unpaired) electrons. The van der Waals surface area contributed by atoms with Crippen LogP contribution in [0, 0.1) is 11.3 Å². The average molecular weight is 267 g/mol. The van der Waals surface area contributed by atoms with Crippen molar-refractivity contribution in [3.05, 3.63) is 65.2 Å². The molecule has 0 fully saturated rings. The highest BCUT2D eigenvalue weighted by Gasteiger charge is 2.07. The number of rotatable bonds is 4. The normalized spacial score (nSPS) is 9.60. The van der Waals surface area contributed by atoms with Crippen LogP contribution in [0.4, 0.5) is 0 Å². The molecule has 0 aliphatic heterocycles. The summed E-state index contributed by atoms with van der Waals surface area (Å²) < 4.78 is 10.3. The van der Waals surface area contributed by atoms with Gasteiger partial charge in [0.25, 0.3) is 0 Å². The van der Waals surface area contributed by atoms with Crippen LogP contribution >= 0.6 is 0 Å². The molecule has 0 saturated carbocycles. The fourth-order valence-electron chi connectivity index (χ4n) is 1.75. The molecule has 0 unspecified atom stereocenters. The summed E-state index contributed by atoms with van der Waals surface area (Å²) in [6.45, 7) is 0.272. The van der Waals surface area contributed by atoms with E-state index in [-0.39, 0.29) is 6.61 Å². The summed E-state index contributed by atoms with van der Waals surface area (Å²) >= 11 is 0. The van der Waals surface area contributed by atoms with E-state index in [9.17, 15) is 4.79 Å². The monoisotopic (exact) mass is 267 g/mol. The molecule has 0 spiro atoms. The Hall–Kier alpha value is -2.80. The van der Waals surface area contributed by atoms with Gasteiger partial charge < -0.3 is 9.47 Å². The van der Waals surface area contributed by atoms with Crippen molar-refractivity contribution in [2.75, 3.05) is 7.11 Å². The first kappa shape index (κ1) is 13.6. The quantitative estimate of drug-likeness (QED) is 0.799. The molecular formula is C16H13NO3. The average Bonchev–Trinajstić information content (AvgIpc) is 2.52. The van der Waals surface area contributed by atoms with Gasteiger partial charge in [-0.05, 0) is 24.3 Å². The van der Waals surface area contributed by atoms with Crippen molar-refractivity contribution in [2.45, 2.75) is 6.61 Å². The zero-order chi connectivity index (χ0) is 14.4. The molecule has 100 valence electrons.